The highest BCUT2D eigenvalue weighted by atomic mass is 16.3. The van der Waals surface area contributed by atoms with Gasteiger partial charge in [-0.05, 0) is 40.8 Å². The normalized spacial score (nSPS) is 11.8. The van der Waals surface area contributed by atoms with Gasteiger partial charge in [-0.3, -0.25) is 4.79 Å². The third-order valence-electron chi connectivity index (χ3n) is 5.76. The number of benzene rings is 4. The van der Waals surface area contributed by atoms with Gasteiger partial charge in [0.25, 0.3) is 0 Å². The number of hydrogen-bond acceptors (Lipinski definition) is 2. The number of phenolic OH excluding ortho intramolecular Hbond substituents is 1. The van der Waals surface area contributed by atoms with E-state index in [0.717, 1.165) is 17.5 Å². The standard InChI is InChI=1S/C29H27NO2/c31-26-18-16-25(17-19-26)28(24-14-8-3-9-15-24)29(32)30-21-20-27(22-10-4-1-5-11-22)23-12-6-2-7-13-23/h1-19,27-28,31H,20-21H2,(H,30,32). The second kappa shape index (κ2) is 10.5. The van der Waals surface area contributed by atoms with E-state index in [1.54, 1.807) is 12.1 Å². The van der Waals surface area contributed by atoms with Crippen LogP contribution in [-0.4, -0.2) is 17.6 Å². The minimum Gasteiger partial charge on any atom is -0.508 e. The molecule has 3 nitrogen and oxygen atoms in total. The molecule has 0 radical (unpaired) electrons. The lowest BCUT2D eigenvalue weighted by Gasteiger charge is -2.21. The van der Waals surface area contributed by atoms with Crippen LogP contribution in [0, 0.1) is 0 Å². The molecule has 1 atom stereocenters. The smallest absolute Gasteiger partial charge is 0.232 e. The van der Waals surface area contributed by atoms with Gasteiger partial charge in [0.15, 0.2) is 0 Å². The second-order valence-corrected chi connectivity index (χ2v) is 7.89. The molecule has 4 rings (SSSR count). The summed E-state index contributed by atoms with van der Waals surface area (Å²) in [6.07, 6.45) is 0.802. The van der Waals surface area contributed by atoms with Gasteiger partial charge in [0.05, 0.1) is 5.92 Å². The average molecular weight is 422 g/mol. The summed E-state index contributed by atoms with van der Waals surface area (Å²) in [6, 6.07) is 37.5. The van der Waals surface area contributed by atoms with E-state index < -0.39 is 5.92 Å². The Kier molecular flexibility index (Phi) is 6.98. The molecule has 0 fully saturated rings. The first kappa shape index (κ1) is 21.4. The predicted octanol–water partition coefficient (Wildman–Crippen LogP) is 5.86. The quantitative estimate of drug-likeness (QED) is 0.374. The van der Waals surface area contributed by atoms with Gasteiger partial charge in [0, 0.05) is 12.5 Å². The maximum atomic E-state index is 13.3. The van der Waals surface area contributed by atoms with E-state index in [0.29, 0.717) is 6.54 Å². The van der Waals surface area contributed by atoms with Gasteiger partial charge in [0.1, 0.15) is 5.75 Å². The molecule has 0 aromatic heterocycles. The van der Waals surface area contributed by atoms with Crippen molar-refractivity contribution in [3.05, 3.63) is 138 Å². The molecule has 0 saturated heterocycles. The highest BCUT2D eigenvalue weighted by molar-refractivity contribution is 5.87. The fourth-order valence-corrected chi connectivity index (χ4v) is 4.15. The molecule has 1 amide bonds. The Morgan fingerprint density at radius 1 is 0.625 bits per heavy atom. The number of aromatic hydroxyl groups is 1. The van der Waals surface area contributed by atoms with Crippen molar-refractivity contribution in [2.24, 2.45) is 0 Å². The Labute approximate surface area is 189 Å². The SMILES string of the molecule is O=C(NCCC(c1ccccc1)c1ccccc1)C(c1ccccc1)c1ccc(O)cc1. The summed E-state index contributed by atoms with van der Waals surface area (Å²) in [7, 11) is 0. The van der Waals surface area contributed by atoms with Crippen molar-refractivity contribution < 1.29 is 9.90 Å². The fraction of sp³-hybridized carbons (Fsp3) is 0.138. The van der Waals surface area contributed by atoms with Crippen molar-refractivity contribution in [1.82, 2.24) is 5.32 Å². The number of amides is 1. The molecule has 0 aliphatic rings. The first-order valence-electron chi connectivity index (χ1n) is 10.9. The molecule has 32 heavy (non-hydrogen) atoms. The summed E-state index contributed by atoms with van der Waals surface area (Å²) in [5, 5.41) is 12.8. The topological polar surface area (TPSA) is 49.3 Å². The van der Waals surface area contributed by atoms with Crippen LogP contribution in [0.3, 0.4) is 0 Å². The summed E-state index contributed by atoms with van der Waals surface area (Å²) in [6.45, 7) is 0.564. The summed E-state index contributed by atoms with van der Waals surface area (Å²) >= 11 is 0. The van der Waals surface area contributed by atoms with Crippen LogP contribution in [0.5, 0.6) is 5.75 Å². The predicted molar refractivity (Wildman–Crippen MR) is 129 cm³/mol. The monoisotopic (exact) mass is 421 g/mol. The van der Waals surface area contributed by atoms with Crippen LogP contribution in [0.1, 0.15) is 40.5 Å². The summed E-state index contributed by atoms with van der Waals surface area (Å²) in [5.74, 6) is -0.0680. The first-order valence-corrected chi connectivity index (χ1v) is 10.9. The zero-order chi connectivity index (χ0) is 22.2. The zero-order valence-corrected chi connectivity index (χ0v) is 17.9. The number of rotatable bonds is 8. The Morgan fingerprint density at radius 2 is 1.06 bits per heavy atom. The molecular weight excluding hydrogens is 394 g/mol. The fourth-order valence-electron chi connectivity index (χ4n) is 4.15. The maximum absolute atomic E-state index is 13.3. The van der Waals surface area contributed by atoms with Gasteiger partial charge in [-0.15, -0.1) is 0 Å². The van der Waals surface area contributed by atoms with Crippen LogP contribution in [0.4, 0.5) is 0 Å². The highest BCUT2D eigenvalue weighted by Gasteiger charge is 2.23. The van der Waals surface area contributed by atoms with E-state index in [2.05, 4.69) is 53.8 Å². The van der Waals surface area contributed by atoms with E-state index in [1.165, 1.54) is 11.1 Å². The molecule has 0 aliphatic carbocycles. The molecule has 0 saturated carbocycles. The lowest BCUT2D eigenvalue weighted by Crippen LogP contribution is -2.31. The minimum atomic E-state index is -0.427. The van der Waals surface area contributed by atoms with Gasteiger partial charge >= 0.3 is 0 Å². The highest BCUT2D eigenvalue weighted by Crippen LogP contribution is 2.29. The Hall–Kier alpha value is -3.85. The molecule has 0 spiro atoms. The summed E-state index contributed by atoms with van der Waals surface area (Å²) in [5.41, 5.74) is 4.27. The molecule has 4 aromatic rings. The lowest BCUT2D eigenvalue weighted by atomic mass is 9.88. The number of carbonyl (C=O) groups excluding carboxylic acids is 1. The van der Waals surface area contributed by atoms with Gasteiger partial charge in [-0.25, -0.2) is 0 Å². The lowest BCUT2D eigenvalue weighted by molar-refractivity contribution is -0.121. The van der Waals surface area contributed by atoms with E-state index in [9.17, 15) is 9.90 Å². The van der Waals surface area contributed by atoms with Crippen LogP contribution < -0.4 is 5.32 Å². The second-order valence-electron chi connectivity index (χ2n) is 7.89. The number of carbonyl (C=O) groups is 1. The summed E-state index contributed by atoms with van der Waals surface area (Å²) < 4.78 is 0. The van der Waals surface area contributed by atoms with Crippen molar-refractivity contribution in [3.63, 3.8) is 0 Å². The third-order valence-corrected chi connectivity index (χ3v) is 5.76. The average Bonchev–Trinajstić information content (AvgIpc) is 2.85. The van der Waals surface area contributed by atoms with Crippen molar-refractivity contribution in [2.45, 2.75) is 18.3 Å². The molecule has 0 aliphatic heterocycles. The van der Waals surface area contributed by atoms with E-state index in [4.69, 9.17) is 0 Å². The molecule has 0 heterocycles. The van der Waals surface area contributed by atoms with E-state index in [-0.39, 0.29) is 17.6 Å². The maximum Gasteiger partial charge on any atom is 0.232 e. The molecular formula is C29H27NO2. The van der Waals surface area contributed by atoms with Crippen molar-refractivity contribution in [3.8, 4) is 5.75 Å². The Morgan fingerprint density at radius 3 is 1.56 bits per heavy atom. The molecule has 3 heteroatoms. The van der Waals surface area contributed by atoms with Gasteiger partial charge in [-0.1, -0.05) is 103 Å². The molecule has 160 valence electrons. The van der Waals surface area contributed by atoms with Crippen LogP contribution in [0.2, 0.25) is 0 Å². The molecule has 4 aromatic carbocycles. The zero-order valence-electron chi connectivity index (χ0n) is 17.9. The number of phenols is 1. The van der Waals surface area contributed by atoms with Crippen molar-refractivity contribution in [2.75, 3.05) is 6.54 Å². The van der Waals surface area contributed by atoms with E-state index in [1.807, 2.05) is 54.6 Å². The van der Waals surface area contributed by atoms with Crippen LogP contribution in [0.25, 0.3) is 0 Å². The van der Waals surface area contributed by atoms with Crippen LogP contribution >= 0.6 is 0 Å². The molecule has 1 unspecified atom stereocenters. The molecule has 2 N–H and O–H groups in total. The molecule has 0 bridgehead atoms. The number of nitrogens with one attached hydrogen (secondary N) is 1. The Balaban J connectivity index is 1.51. The third kappa shape index (κ3) is 5.25. The Bertz CT molecular complexity index is 1070. The van der Waals surface area contributed by atoms with Crippen LogP contribution in [-0.2, 0) is 4.79 Å². The van der Waals surface area contributed by atoms with Crippen molar-refractivity contribution >= 4 is 5.91 Å². The van der Waals surface area contributed by atoms with E-state index >= 15 is 0 Å². The van der Waals surface area contributed by atoms with Gasteiger partial charge < -0.3 is 10.4 Å². The van der Waals surface area contributed by atoms with Gasteiger partial charge in [-0.2, -0.15) is 0 Å². The van der Waals surface area contributed by atoms with Gasteiger partial charge in [0.2, 0.25) is 5.91 Å². The van der Waals surface area contributed by atoms with Crippen molar-refractivity contribution in [1.29, 1.82) is 0 Å². The summed E-state index contributed by atoms with van der Waals surface area (Å²) in [4.78, 5) is 13.3. The first-order chi connectivity index (χ1) is 15.7. The van der Waals surface area contributed by atoms with Crippen LogP contribution in [0.15, 0.2) is 115 Å². The minimum absolute atomic E-state index is 0.0400. The largest absolute Gasteiger partial charge is 0.508 e. The number of hydrogen-bond donors (Lipinski definition) is 2.